The zero-order chi connectivity index (χ0) is 29.6. The molecular formula is C27H21F3N4O6. The average molecular weight is 554 g/mol. The fraction of sp³-hybridized carbons (Fsp3) is 0.148. The van der Waals surface area contributed by atoms with Crippen molar-refractivity contribution >= 4 is 29.4 Å². The number of nitrogens with two attached hydrogens (primary N) is 1. The lowest BCUT2D eigenvalue weighted by molar-refractivity contribution is -0.192. The number of alkyl halides is 3. The van der Waals surface area contributed by atoms with Gasteiger partial charge in [-0.25, -0.2) is 4.79 Å². The fourth-order valence-electron chi connectivity index (χ4n) is 4.11. The maximum absolute atomic E-state index is 12.9. The van der Waals surface area contributed by atoms with Gasteiger partial charge in [-0.3, -0.25) is 9.59 Å². The first-order chi connectivity index (χ1) is 18.9. The Bertz CT molecular complexity index is 1500. The van der Waals surface area contributed by atoms with Crippen LogP contribution in [0, 0.1) is 23.2 Å². The maximum atomic E-state index is 12.9. The summed E-state index contributed by atoms with van der Waals surface area (Å²) in [6.45, 7) is 0. The third kappa shape index (κ3) is 6.73. The highest BCUT2D eigenvalue weighted by atomic mass is 19.4. The number of nitrogens with one attached hydrogen (secondary N) is 1. The summed E-state index contributed by atoms with van der Waals surface area (Å²) in [5.41, 5.74) is 9.41. The van der Waals surface area contributed by atoms with Gasteiger partial charge in [0.05, 0.1) is 23.5 Å². The quantitative estimate of drug-likeness (QED) is 0.131. The molecule has 3 aromatic carbocycles. The third-order valence-electron chi connectivity index (χ3n) is 6.04. The van der Waals surface area contributed by atoms with Gasteiger partial charge in [0, 0.05) is 17.2 Å². The van der Waals surface area contributed by atoms with Gasteiger partial charge in [0.1, 0.15) is 0 Å². The minimum Gasteiger partial charge on any atom is -0.481 e. The van der Waals surface area contributed by atoms with E-state index < -0.39 is 41.8 Å². The standard InChI is InChI=1S/C25H20N4O4.C2HF3O2/c26-13-17-4-1-2-7-19(17)14-8-10-18(11-9-14)28-24(30)21-20(22(21)25(31)32)15-5-3-6-16(12-15)23(27)29-33;3-2(4,5)1(6)7/h1-12,20-22,33H,(H2,27,29)(H,28,30)(H,31,32);(H,6,7). The Morgan fingerprint density at radius 2 is 1.57 bits per heavy atom. The minimum atomic E-state index is -5.08. The number of hydrogen-bond acceptors (Lipinski definition) is 6. The molecule has 0 aromatic heterocycles. The van der Waals surface area contributed by atoms with Gasteiger partial charge < -0.3 is 26.5 Å². The molecule has 1 aliphatic carbocycles. The van der Waals surface area contributed by atoms with Gasteiger partial charge in [0.15, 0.2) is 5.84 Å². The van der Waals surface area contributed by atoms with Gasteiger partial charge in [-0.05, 0) is 41.0 Å². The summed E-state index contributed by atoms with van der Waals surface area (Å²) in [5, 5.41) is 40.7. The zero-order valence-electron chi connectivity index (χ0n) is 20.3. The number of carboxylic acid groups (broad SMARTS) is 2. The lowest BCUT2D eigenvalue weighted by atomic mass is 10.0. The number of benzene rings is 3. The zero-order valence-corrected chi connectivity index (χ0v) is 20.3. The largest absolute Gasteiger partial charge is 0.490 e. The van der Waals surface area contributed by atoms with Crippen molar-refractivity contribution in [2.24, 2.45) is 22.7 Å². The van der Waals surface area contributed by atoms with E-state index in [0.29, 0.717) is 22.4 Å². The van der Waals surface area contributed by atoms with Gasteiger partial charge in [-0.1, -0.05) is 53.7 Å². The van der Waals surface area contributed by atoms with Crippen molar-refractivity contribution in [1.29, 1.82) is 5.26 Å². The highest BCUT2D eigenvalue weighted by Gasteiger charge is 2.60. The molecule has 0 heterocycles. The van der Waals surface area contributed by atoms with E-state index in [2.05, 4.69) is 16.5 Å². The van der Waals surface area contributed by atoms with Crippen LogP contribution in [0.5, 0.6) is 0 Å². The molecular weight excluding hydrogens is 533 g/mol. The van der Waals surface area contributed by atoms with E-state index in [1.54, 1.807) is 60.7 Å². The molecule has 0 spiro atoms. The number of aliphatic carboxylic acids is 2. The van der Waals surface area contributed by atoms with Crippen LogP contribution in [0.3, 0.4) is 0 Å². The van der Waals surface area contributed by atoms with Crippen LogP contribution in [0.15, 0.2) is 78.0 Å². The summed E-state index contributed by atoms with van der Waals surface area (Å²) in [6.07, 6.45) is -5.08. The van der Waals surface area contributed by atoms with Gasteiger partial charge in [0.2, 0.25) is 5.91 Å². The molecule has 3 unspecified atom stereocenters. The van der Waals surface area contributed by atoms with Crippen molar-refractivity contribution in [3.63, 3.8) is 0 Å². The topological polar surface area (TPSA) is 186 Å². The number of nitriles is 1. The van der Waals surface area contributed by atoms with Gasteiger partial charge >= 0.3 is 18.1 Å². The van der Waals surface area contributed by atoms with Crippen LogP contribution in [0.25, 0.3) is 11.1 Å². The summed E-state index contributed by atoms with van der Waals surface area (Å²) < 4.78 is 31.7. The molecule has 3 aromatic rings. The Balaban J connectivity index is 0.000000559. The van der Waals surface area contributed by atoms with Crippen LogP contribution in [-0.4, -0.2) is 45.3 Å². The molecule has 3 atom stereocenters. The highest BCUT2D eigenvalue weighted by molar-refractivity contribution is 6.01. The van der Waals surface area contributed by atoms with Gasteiger partial charge in [-0.15, -0.1) is 0 Å². The summed E-state index contributed by atoms with van der Waals surface area (Å²) in [7, 11) is 0. The summed E-state index contributed by atoms with van der Waals surface area (Å²) >= 11 is 0. The number of rotatable bonds is 6. The molecule has 206 valence electrons. The predicted octanol–water partition coefficient (Wildman–Crippen LogP) is 4.01. The van der Waals surface area contributed by atoms with E-state index in [1.165, 1.54) is 0 Å². The van der Waals surface area contributed by atoms with Crippen molar-refractivity contribution < 1.29 is 43.0 Å². The smallest absolute Gasteiger partial charge is 0.481 e. The average Bonchev–Trinajstić information content (AvgIpc) is 3.69. The number of carbonyl (C=O) groups excluding carboxylic acids is 1. The monoisotopic (exact) mass is 554 g/mol. The van der Waals surface area contributed by atoms with Crippen molar-refractivity contribution in [3.05, 3.63) is 89.5 Å². The molecule has 0 aliphatic heterocycles. The van der Waals surface area contributed by atoms with Crippen molar-refractivity contribution in [3.8, 4) is 17.2 Å². The number of carbonyl (C=O) groups is 3. The summed E-state index contributed by atoms with van der Waals surface area (Å²) in [6, 6.07) is 23.1. The van der Waals surface area contributed by atoms with E-state index in [0.717, 1.165) is 11.1 Å². The van der Waals surface area contributed by atoms with Crippen LogP contribution in [0.1, 0.15) is 22.6 Å². The van der Waals surface area contributed by atoms with Crippen LogP contribution in [-0.2, 0) is 14.4 Å². The van der Waals surface area contributed by atoms with E-state index in [-0.39, 0.29) is 5.84 Å². The number of amidine groups is 1. The SMILES string of the molecule is N#Cc1ccccc1-c1ccc(NC(=O)C2C(C(=O)O)C2c2cccc(/C(N)=N/O)c2)cc1.O=C(O)C(F)(F)F. The minimum absolute atomic E-state index is 0.0940. The van der Waals surface area contributed by atoms with Crippen LogP contribution < -0.4 is 11.1 Å². The first-order valence-corrected chi connectivity index (χ1v) is 11.4. The molecule has 4 rings (SSSR count). The lowest BCUT2D eigenvalue weighted by Gasteiger charge is -2.08. The van der Waals surface area contributed by atoms with E-state index >= 15 is 0 Å². The fourth-order valence-corrected chi connectivity index (χ4v) is 4.11. The molecule has 0 saturated heterocycles. The molecule has 40 heavy (non-hydrogen) atoms. The molecule has 0 radical (unpaired) electrons. The Labute approximate surface area is 224 Å². The number of halogens is 3. The van der Waals surface area contributed by atoms with Crippen molar-refractivity contribution in [1.82, 2.24) is 0 Å². The molecule has 6 N–H and O–H groups in total. The number of oxime groups is 1. The molecule has 10 nitrogen and oxygen atoms in total. The Kier molecular flexibility index (Phi) is 8.75. The van der Waals surface area contributed by atoms with Crippen LogP contribution in [0.2, 0.25) is 0 Å². The normalized spacial score (nSPS) is 17.9. The van der Waals surface area contributed by atoms with E-state index in [4.69, 9.17) is 20.8 Å². The second-order valence-electron chi connectivity index (χ2n) is 8.55. The van der Waals surface area contributed by atoms with Crippen molar-refractivity contribution in [2.45, 2.75) is 12.1 Å². The Morgan fingerprint density at radius 1 is 0.950 bits per heavy atom. The van der Waals surface area contributed by atoms with Crippen LogP contribution in [0.4, 0.5) is 18.9 Å². The van der Waals surface area contributed by atoms with Crippen molar-refractivity contribution in [2.75, 3.05) is 5.32 Å². The molecule has 0 bridgehead atoms. The molecule has 13 heteroatoms. The molecule has 1 aliphatic rings. The summed E-state index contributed by atoms with van der Waals surface area (Å²) in [5.74, 6) is -6.44. The van der Waals surface area contributed by atoms with Crippen LogP contribution >= 0.6 is 0 Å². The number of hydrogen-bond donors (Lipinski definition) is 5. The van der Waals surface area contributed by atoms with Gasteiger partial charge in [-0.2, -0.15) is 18.4 Å². The maximum Gasteiger partial charge on any atom is 0.490 e. The number of anilines is 1. The predicted molar refractivity (Wildman–Crippen MR) is 135 cm³/mol. The molecule has 1 fully saturated rings. The van der Waals surface area contributed by atoms with E-state index in [1.807, 2.05) is 12.1 Å². The number of amides is 1. The molecule has 1 saturated carbocycles. The lowest BCUT2D eigenvalue weighted by Crippen LogP contribution is -2.21. The first kappa shape index (κ1) is 29.2. The second kappa shape index (κ2) is 12.0. The highest BCUT2D eigenvalue weighted by Crippen LogP contribution is 2.54. The summed E-state index contributed by atoms with van der Waals surface area (Å²) in [4.78, 5) is 33.5. The number of carboxylic acids is 2. The van der Waals surface area contributed by atoms with E-state index in [9.17, 15) is 33.1 Å². The molecule has 1 amide bonds. The number of nitrogens with zero attached hydrogens (tertiary/aromatic N) is 2. The Hall–Kier alpha value is -5.38. The first-order valence-electron chi connectivity index (χ1n) is 11.4. The Morgan fingerprint density at radius 3 is 2.12 bits per heavy atom. The third-order valence-corrected chi connectivity index (χ3v) is 6.04. The second-order valence-corrected chi connectivity index (χ2v) is 8.55. The van der Waals surface area contributed by atoms with Gasteiger partial charge in [0.25, 0.3) is 0 Å².